The van der Waals surface area contributed by atoms with E-state index in [-0.39, 0.29) is 47.6 Å². The summed E-state index contributed by atoms with van der Waals surface area (Å²) >= 11 is 0. The zero-order valence-electron chi connectivity index (χ0n) is 22.8. The molecule has 196 valence electrons. The number of rotatable bonds is 1. The number of aliphatic hydroxyl groups excluding tert-OH is 1. The molecular weight excluding hydrogens is 456 g/mol. The van der Waals surface area contributed by atoms with Crippen molar-refractivity contribution in [3.63, 3.8) is 0 Å². The third-order valence-corrected chi connectivity index (χ3v) is 11.4. The molecule has 9 atom stereocenters. The lowest BCUT2D eigenvalue weighted by atomic mass is 9.51. The number of carbonyl (C=O) groups is 2. The summed E-state index contributed by atoms with van der Waals surface area (Å²) in [6.45, 7) is 16.1. The lowest BCUT2D eigenvalue weighted by Gasteiger charge is -2.50. The highest BCUT2D eigenvalue weighted by atomic mass is 17.2. The molecule has 1 saturated heterocycles. The highest BCUT2D eigenvalue weighted by molar-refractivity contribution is 6.04. The molecule has 5 aliphatic carbocycles. The van der Waals surface area contributed by atoms with E-state index in [1.165, 1.54) is 0 Å². The SMILES string of the molecule is CC1=C2C=C3C(C)(C)OOC3(O)C[C@@H](C)C23[C@@H](C1=O)C12C(=C(C)[C@@H]3[C@H]1O)C[C@@H](C(C)C)C(=O)C[C@H]2C. The van der Waals surface area contributed by atoms with Crippen molar-refractivity contribution >= 4 is 11.6 Å². The Bertz CT molecular complexity index is 1190. The summed E-state index contributed by atoms with van der Waals surface area (Å²) in [6, 6.07) is 0. The highest BCUT2D eigenvalue weighted by Gasteiger charge is 2.81. The summed E-state index contributed by atoms with van der Waals surface area (Å²) in [5.74, 6) is -2.15. The molecule has 36 heavy (non-hydrogen) atoms. The second kappa shape index (κ2) is 7.07. The van der Waals surface area contributed by atoms with Crippen LogP contribution in [0.2, 0.25) is 0 Å². The fourth-order valence-electron chi connectivity index (χ4n) is 9.95. The Morgan fingerprint density at radius 2 is 1.69 bits per heavy atom. The average Bonchev–Trinajstić information content (AvgIpc) is 3.26. The van der Waals surface area contributed by atoms with Gasteiger partial charge in [0.05, 0.1) is 6.10 Å². The number of allylic oxidation sites excluding steroid dienone is 3. The first-order valence-corrected chi connectivity index (χ1v) is 13.7. The van der Waals surface area contributed by atoms with Crippen molar-refractivity contribution in [1.29, 1.82) is 0 Å². The van der Waals surface area contributed by atoms with E-state index in [4.69, 9.17) is 9.78 Å². The highest BCUT2D eigenvalue weighted by Crippen LogP contribution is 2.80. The smallest absolute Gasteiger partial charge is 0.224 e. The molecule has 0 radical (unpaired) electrons. The molecule has 2 bridgehead atoms. The molecule has 0 aromatic heterocycles. The Balaban J connectivity index is 1.64. The lowest BCUT2D eigenvalue weighted by Crippen LogP contribution is -2.50. The van der Waals surface area contributed by atoms with Crippen LogP contribution in [-0.2, 0) is 19.4 Å². The van der Waals surface area contributed by atoms with Crippen molar-refractivity contribution in [2.75, 3.05) is 0 Å². The maximum atomic E-state index is 14.4. The van der Waals surface area contributed by atoms with E-state index in [1.54, 1.807) is 0 Å². The number of Topliss-reactive ketones (excluding diaryl/α,β-unsaturated/α-hetero) is 2. The summed E-state index contributed by atoms with van der Waals surface area (Å²) in [6.07, 6.45) is 2.49. The molecule has 2 N–H and O–H groups in total. The van der Waals surface area contributed by atoms with E-state index in [9.17, 15) is 19.8 Å². The van der Waals surface area contributed by atoms with E-state index >= 15 is 0 Å². The zero-order valence-corrected chi connectivity index (χ0v) is 22.8. The van der Waals surface area contributed by atoms with E-state index in [1.807, 2.05) is 26.8 Å². The minimum absolute atomic E-state index is 0.0885. The predicted molar refractivity (Wildman–Crippen MR) is 133 cm³/mol. The molecule has 1 heterocycles. The van der Waals surface area contributed by atoms with Gasteiger partial charge in [0.15, 0.2) is 5.78 Å². The average molecular weight is 497 g/mol. The van der Waals surface area contributed by atoms with Gasteiger partial charge in [-0.15, -0.1) is 0 Å². The molecule has 3 unspecified atom stereocenters. The quantitative estimate of drug-likeness (QED) is 0.411. The van der Waals surface area contributed by atoms with Crippen LogP contribution in [0, 0.1) is 46.3 Å². The topological polar surface area (TPSA) is 93.1 Å². The van der Waals surface area contributed by atoms with Crippen molar-refractivity contribution in [1.82, 2.24) is 0 Å². The van der Waals surface area contributed by atoms with Crippen LogP contribution in [0.25, 0.3) is 0 Å². The predicted octanol–water partition coefficient (Wildman–Crippen LogP) is 4.46. The zero-order chi connectivity index (χ0) is 26.3. The number of ketones is 2. The fourth-order valence-corrected chi connectivity index (χ4v) is 9.95. The summed E-state index contributed by atoms with van der Waals surface area (Å²) in [7, 11) is 0. The minimum Gasteiger partial charge on any atom is -0.392 e. The first-order chi connectivity index (χ1) is 16.7. The van der Waals surface area contributed by atoms with Gasteiger partial charge in [-0.25, -0.2) is 4.89 Å². The molecule has 0 amide bonds. The Morgan fingerprint density at radius 3 is 2.33 bits per heavy atom. The normalized spacial score (nSPS) is 49.1. The first-order valence-electron chi connectivity index (χ1n) is 13.7. The van der Waals surface area contributed by atoms with Crippen molar-refractivity contribution in [2.45, 2.75) is 92.1 Å². The van der Waals surface area contributed by atoms with Gasteiger partial charge in [-0.05, 0) is 63.0 Å². The Morgan fingerprint density at radius 1 is 1.03 bits per heavy atom. The largest absolute Gasteiger partial charge is 0.392 e. The van der Waals surface area contributed by atoms with Crippen LogP contribution >= 0.6 is 0 Å². The maximum Gasteiger partial charge on any atom is 0.224 e. The molecule has 3 fully saturated rings. The minimum atomic E-state index is -1.58. The van der Waals surface area contributed by atoms with E-state index in [0.29, 0.717) is 24.0 Å². The van der Waals surface area contributed by atoms with E-state index in [2.05, 4.69) is 34.6 Å². The third kappa shape index (κ3) is 2.44. The van der Waals surface area contributed by atoms with Gasteiger partial charge < -0.3 is 10.2 Å². The molecule has 6 rings (SSSR count). The number of hydrogen-bond donors (Lipinski definition) is 2. The van der Waals surface area contributed by atoms with E-state index < -0.39 is 34.2 Å². The van der Waals surface area contributed by atoms with Crippen LogP contribution in [0.5, 0.6) is 0 Å². The van der Waals surface area contributed by atoms with Crippen LogP contribution < -0.4 is 0 Å². The number of carbonyl (C=O) groups excluding carboxylic acids is 2. The van der Waals surface area contributed by atoms with Gasteiger partial charge in [-0.1, -0.05) is 44.9 Å². The second-order valence-electron chi connectivity index (χ2n) is 13.5. The number of hydrogen-bond acceptors (Lipinski definition) is 6. The van der Waals surface area contributed by atoms with Crippen LogP contribution in [0.15, 0.2) is 33.9 Å². The van der Waals surface area contributed by atoms with Crippen molar-refractivity contribution in [3.8, 4) is 0 Å². The van der Waals surface area contributed by atoms with Crippen LogP contribution in [0.3, 0.4) is 0 Å². The van der Waals surface area contributed by atoms with E-state index in [0.717, 1.165) is 16.7 Å². The van der Waals surface area contributed by atoms with Gasteiger partial charge in [-0.2, -0.15) is 4.89 Å². The lowest BCUT2D eigenvalue weighted by molar-refractivity contribution is -0.392. The number of aliphatic hydroxyl groups is 2. The first kappa shape index (κ1) is 24.7. The Labute approximate surface area is 213 Å². The van der Waals surface area contributed by atoms with Crippen molar-refractivity contribution in [2.24, 2.45) is 46.3 Å². The van der Waals surface area contributed by atoms with Gasteiger partial charge in [0.2, 0.25) is 5.79 Å². The summed E-state index contributed by atoms with van der Waals surface area (Å²) in [5.41, 5.74) is 2.28. The summed E-state index contributed by atoms with van der Waals surface area (Å²) in [5, 5.41) is 23.9. The summed E-state index contributed by atoms with van der Waals surface area (Å²) in [4.78, 5) is 38.9. The third-order valence-electron chi connectivity index (χ3n) is 11.4. The molecule has 6 nitrogen and oxygen atoms in total. The van der Waals surface area contributed by atoms with Crippen molar-refractivity contribution < 1.29 is 29.6 Å². The Hall–Kier alpha value is -1.60. The molecule has 6 heteroatoms. The van der Waals surface area contributed by atoms with Gasteiger partial charge in [0.25, 0.3) is 0 Å². The van der Waals surface area contributed by atoms with Gasteiger partial charge >= 0.3 is 0 Å². The Kier molecular flexibility index (Phi) is 4.86. The van der Waals surface area contributed by atoms with Crippen LogP contribution in [0.4, 0.5) is 0 Å². The van der Waals surface area contributed by atoms with Crippen molar-refractivity contribution in [3.05, 3.63) is 33.9 Å². The van der Waals surface area contributed by atoms with Gasteiger partial charge in [0, 0.05) is 47.0 Å². The van der Waals surface area contributed by atoms with Gasteiger partial charge in [-0.3, -0.25) is 9.59 Å². The van der Waals surface area contributed by atoms with Crippen LogP contribution in [-0.4, -0.2) is 39.3 Å². The molecular formula is C30H40O6. The summed E-state index contributed by atoms with van der Waals surface area (Å²) < 4.78 is 0. The maximum absolute atomic E-state index is 14.4. The molecule has 1 aliphatic heterocycles. The standard InChI is InChI=1S/C30H40O6/c1-13(2)18-10-19-16(5)23-26(33)30(19,14(3)9-21(18)31)25-24(32)17(6)20-11-22-27(7,8)35-36-28(22,34)12-15(4)29(20,23)25/h11,13-15,18,23,25-26,33-34H,9-10,12H2,1-8H3/t14-,15-,18+,23-,25-,26-,28?,29?,30?/m1/s1. The number of fused-ring (bicyclic) bond motifs is 2. The fraction of sp³-hybridized carbons (Fsp3) is 0.733. The molecule has 0 aromatic rings. The second-order valence-corrected chi connectivity index (χ2v) is 13.5. The van der Waals surface area contributed by atoms with Crippen LogP contribution in [0.1, 0.15) is 74.7 Å². The monoisotopic (exact) mass is 496 g/mol. The molecule has 6 aliphatic rings. The molecule has 2 spiro atoms. The molecule has 0 aromatic carbocycles. The molecule has 2 saturated carbocycles. The van der Waals surface area contributed by atoms with Gasteiger partial charge in [0.1, 0.15) is 11.4 Å².